The number of nitrogens with one attached hydrogen (secondary N) is 1. The van der Waals surface area contributed by atoms with E-state index in [1.165, 1.54) is 57.8 Å². The molecule has 18 heavy (non-hydrogen) atoms. The Morgan fingerprint density at radius 1 is 1.06 bits per heavy atom. The molecule has 0 amide bonds. The van der Waals surface area contributed by atoms with Crippen LogP contribution in [0.25, 0.3) is 0 Å². The zero-order valence-corrected chi connectivity index (χ0v) is 12.3. The van der Waals surface area contributed by atoms with Crippen molar-refractivity contribution in [3.05, 3.63) is 0 Å². The molecule has 1 N–H and O–H groups in total. The molecule has 0 aromatic heterocycles. The summed E-state index contributed by atoms with van der Waals surface area (Å²) in [5.74, 6) is 0. The maximum Gasteiger partial charge on any atom is 0.0594 e. The van der Waals surface area contributed by atoms with E-state index in [1.807, 2.05) is 0 Å². The number of hydrogen-bond acceptors (Lipinski definition) is 2. The molecule has 2 nitrogen and oxygen atoms in total. The predicted octanol–water partition coefficient (Wildman–Crippen LogP) is 3.89. The van der Waals surface area contributed by atoms with Crippen LogP contribution < -0.4 is 5.32 Å². The summed E-state index contributed by atoms with van der Waals surface area (Å²) in [4.78, 5) is 0. The molecule has 1 unspecified atom stereocenters. The molecule has 0 heterocycles. The van der Waals surface area contributed by atoms with Crippen molar-refractivity contribution in [2.45, 2.75) is 83.8 Å². The SMILES string of the molecule is CC1(C)CCCC(NCCOC2CCCCC2)C1. The van der Waals surface area contributed by atoms with E-state index in [4.69, 9.17) is 4.74 Å². The van der Waals surface area contributed by atoms with Crippen molar-refractivity contribution < 1.29 is 4.74 Å². The summed E-state index contributed by atoms with van der Waals surface area (Å²) < 4.78 is 5.96. The van der Waals surface area contributed by atoms with Crippen LogP contribution in [0.1, 0.15) is 71.6 Å². The third-order valence-corrected chi connectivity index (χ3v) is 4.65. The first-order chi connectivity index (χ1) is 8.66. The Kier molecular flexibility index (Phi) is 5.50. The van der Waals surface area contributed by atoms with Gasteiger partial charge in [0.05, 0.1) is 12.7 Å². The van der Waals surface area contributed by atoms with E-state index in [0.29, 0.717) is 11.5 Å². The summed E-state index contributed by atoms with van der Waals surface area (Å²) in [6, 6.07) is 0.726. The van der Waals surface area contributed by atoms with Crippen LogP contribution >= 0.6 is 0 Å². The molecule has 1 atom stereocenters. The molecule has 0 aromatic carbocycles. The van der Waals surface area contributed by atoms with Gasteiger partial charge in [0.2, 0.25) is 0 Å². The lowest BCUT2D eigenvalue weighted by atomic mass is 9.75. The summed E-state index contributed by atoms with van der Waals surface area (Å²) in [5, 5.41) is 3.69. The first kappa shape index (κ1) is 14.3. The van der Waals surface area contributed by atoms with Crippen molar-refractivity contribution in [3.8, 4) is 0 Å². The van der Waals surface area contributed by atoms with Gasteiger partial charge in [-0.3, -0.25) is 0 Å². The van der Waals surface area contributed by atoms with E-state index in [9.17, 15) is 0 Å². The van der Waals surface area contributed by atoms with Crippen LogP contribution in [-0.4, -0.2) is 25.3 Å². The normalized spacial score (nSPS) is 29.3. The Hall–Kier alpha value is -0.0800. The van der Waals surface area contributed by atoms with Gasteiger partial charge in [-0.1, -0.05) is 39.5 Å². The van der Waals surface area contributed by atoms with Crippen LogP contribution in [0.5, 0.6) is 0 Å². The summed E-state index contributed by atoms with van der Waals surface area (Å²) in [5.41, 5.74) is 0.542. The van der Waals surface area contributed by atoms with Crippen LogP contribution in [0.15, 0.2) is 0 Å². The molecule has 106 valence electrons. The van der Waals surface area contributed by atoms with Gasteiger partial charge >= 0.3 is 0 Å². The van der Waals surface area contributed by atoms with E-state index >= 15 is 0 Å². The monoisotopic (exact) mass is 253 g/mol. The van der Waals surface area contributed by atoms with E-state index in [0.717, 1.165) is 19.2 Å². The van der Waals surface area contributed by atoms with Gasteiger partial charge < -0.3 is 10.1 Å². The largest absolute Gasteiger partial charge is 0.377 e. The highest BCUT2D eigenvalue weighted by atomic mass is 16.5. The zero-order chi connectivity index (χ0) is 12.8. The first-order valence-electron chi connectivity index (χ1n) is 8.01. The molecule has 2 aliphatic carbocycles. The Balaban J connectivity index is 1.54. The third-order valence-electron chi connectivity index (χ3n) is 4.65. The van der Waals surface area contributed by atoms with Crippen molar-refractivity contribution in [3.63, 3.8) is 0 Å². The van der Waals surface area contributed by atoms with E-state index in [-0.39, 0.29) is 0 Å². The van der Waals surface area contributed by atoms with Crippen LogP contribution in [0.4, 0.5) is 0 Å². The molecule has 2 fully saturated rings. The molecule has 0 aromatic rings. The van der Waals surface area contributed by atoms with Gasteiger partial charge in [0.1, 0.15) is 0 Å². The van der Waals surface area contributed by atoms with Gasteiger partial charge in [-0.15, -0.1) is 0 Å². The van der Waals surface area contributed by atoms with Crippen LogP contribution in [-0.2, 0) is 4.74 Å². The molecule has 2 aliphatic rings. The molecular formula is C16H31NO. The second-order valence-corrected chi connectivity index (χ2v) is 7.04. The highest BCUT2D eigenvalue weighted by molar-refractivity contribution is 4.83. The molecule has 0 spiro atoms. The lowest BCUT2D eigenvalue weighted by Gasteiger charge is -2.35. The molecule has 2 saturated carbocycles. The Morgan fingerprint density at radius 2 is 1.83 bits per heavy atom. The maximum absolute atomic E-state index is 5.96. The standard InChI is InChI=1S/C16H31NO/c1-16(2)10-6-7-14(13-16)17-11-12-18-15-8-4-3-5-9-15/h14-15,17H,3-13H2,1-2H3. The quantitative estimate of drug-likeness (QED) is 0.750. The second kappa shape index (κ2) is 6.91. The average molecular weight is 253 g/mol. The highest BCUT2D eigenvalue weighted by Gasteiger charge is 2.27. The minimum atomic E-state index is 0.542. The number of ether oxygens (including phenoxy) is 1. The molecule has 2 rings (SSSR count). The van der Waals surface area contributed by atoms with Gasteiger partial charge in [0.25, 0.3) is 0 Å². The molecular weight excluding hydrogens is 222 g/mol. The third kappa shape index (κ3) is 4.89. The van der Waals surface area contributed by atoms with Crippen LogP contribution in [0.3, 0.4) is 0 Å². The van der Waals surface area contributed by atoms with Gasteiger partial charge in [0.15, 0.2) is 0 Å². The molecule has 0 aliphatic heterocycles. The van der Waals surface area contributed by atoms with Crippen molar-refractivity contribution in [2.75, 3.05) is 13.2 Å². The molecule has 0 saturated heterocycles. The minimum Gasteiger partial charge on any atom is -0.377 e. The van der Waals surface area contributed by atoms with Crippen molar-refractivity contribution in [2.24, 2.45) is 5.41 Å². The van der Waals surface area contributed by atoms with Gasteiger partial charge in [0, 0.05) is 12.6 Å². The fourth-order valence-corrected chi connectivity index (χ4v) is 3.59. The summed E-state index contributed by atoms with van der Waals surface area (Å²) >= 11 is 0. The first-order valence-corrected chi connectivity index (χ1v) is 8.01. The summed E-state index contributed by atoms with van der Waals surface area (Å²) in [7, 11) is 0. The van der Waals surface area contributed by atoms with E-state index in [1.54, 1.807) is 0 Å². The van der Waals surface area contributed by atoms with Crippen LogP contribution in [0, 0.1) is 5.41 Å². The van der Waals surface area contributed by atoms with Crippen molar-refractivity contribution in [1.82, 2.24) is 5.32 Å². The fourth-order valence-electron chi connectivity index (χ4n) is 3.59. The Morgan fingerprint density at radius 3 is 2.56 bits per heavy atom. The molecule has 0 bridgehead atoms. The highest BCUT2D eigenvalue weighted by Crippen LogP contribution is 2.34. The van der Waals surface area contributed by atoms with Crippen molar-refractivity contribution in [1.29, 1.82) is 0 Å². The van der Waals surface area contributed by atoms with E-state index < -0.39 is 0 Å². The van der Waals surface area contributed by atoms with Gasteiger partial charge in [-0.25, -0.2) is 0 Å². The Labute approximate surface area is 113 Å². The average Bonchev–Trinajstić information content (AvgIpc) is 2.35. The molecule has 0 radical (unpaired) electrons. The minimum absolute atomic E-state index is 0.542. The number of hydrogen-bond donors (Lipinski definition) is 1. The molecule has 2 heteroatoms. The lowest BCUT2D eigenvalue weighted by Crippen LogP contribution is -2.39. The fraction of sp³-hybridized carbons (Fsp3) is 1.00. The van der Waals surface area contributed by atoms with Crippen molar-refractivity contribution >= 4 is 0 Å². The van der Waals surface area contributed by atoms with E-state index in [2.05, 4.69) is 19.2 Å². The van der Waals surface area contributed by atoms with Gasteiger partial charge in [-0.2, -0.15) is 0 Å². The predicted molar refractivity (Wildman–Crippen MR) is 76.9 cm³/mol. The maximum atomic E-state index is 5.96. The lowest BCUT2D eigenvalue weighted by molar-refractivity contribution is 0.0280. The number of rotatable bonds is 5. The zero-order valence-electron chi connectivity index (χ0n) is 12.3. The van der Waals surface area contributed by atoms with Gasteiger partial charge in [-0.05, 0) is 37.5 Å². The second-order valence-electron chi connectivity index (χ2n) is 7.04. The van der Waals surface area contributed by atoms with Crippen LogP contribution in [0.2, 0.25) is 0 Å². The topological polar surface area (TPSA) is 21.3 Å². The Bertz CT molecular complexity index is 233. The smallest absolute Gasteiger partial charge is 0.0594 e. The summed E-state index contributed by atoms with van der Waals surface area (Å²) in [6.45, 7) is 6.75. The summed E-state index contributed by atoms with van der Waals surface area (Å²) in [6.07, 6.45) is 12.7.